The van der Waals surface area contributed by atoms with E-state index in [1.165, 1.54) is 50.1 Å². The number of aldehydes is 1. The predicted molar refractivity (Wildman–Crippen MR) is 143 cm³/mol. The van der Waals surface area contributed by atoms with Crippen molar-refractivity contribution in [3.63, 3.8) is 0 Å². The van der Waals surface area contributed by atoms with Gasteiger partial charge in [0.15, 0.2) is 0 Å². The van der Waals surface area contributed by atoms with Gasteiger partial charge in [-0.1, -0.05) is 110 Å². The Bertz CT molecular complexity index is 1580. The highest BCUT2D eigenvalue weighted by atomic mass is 16.1. The van der Waals surface area contributed by atoms with Crippen molar-refractivity contribution in [1.82, 2.24) is 0 Å². The lowest BCUT2D eigenvalue weighted by Gasteiger charge is -2.37. The maximum absolute atomic E-state index is 12.7. The first kappa shape index (κ1) is 20.4. The molecule has 0 spiro atoms. The minimum Gasteiger partial charge on any atom is -0.303 e. The molecule has 0 N–H and O–H groups in total. The number of fused-ring (bicyclic) bond motifs is 6. The Labute approximate surface area is 206 Å². The smallest absolute Gasteiger partial charge is 0.128 e. The van der Waals surface area contributed by atoms with Crippen molar-refractivity contribution in [3.05, 3.63) is 137 Å². The number of allylic oxidation sites excluding steroid dienone is 4. The van der Waals surface area contributed by atoms with Gasteiger partial charge in [-0.15, -0.1) is 0 Å². The van der Waals surface area contributed by atoms with Crippen molar-refractivity contribution < 1.29 is 4.79 Å². The van der Waals surface area contributed by atoms with E-state index < -0.39 is 5.41 Å². The quantitative estimate of drug-likeness (QED) is 0.254. The highest BCUT2D eigenvalue weighted by molar-refractivity contribution is 5.88. The van der Waals surface area contributed by atoms with Crippen LogP contribution in [0.4, 0.5) is 0 Å². The number of carbonyl (C=O) groups excluding carboxylic acids is 1. The van der Waals surface area contributed by atoms with Crippen molar-refractivity contribution in [2.24, 2.45) is 5.92 Å². The molecule has 0 heterocycles. The number of benzene rings is 4. The standard InChI is InChI=1S/C34H26O/c1-34(27-13-15-31-26(20-27)18-23-8-3-5-10-29(23)31)16-6-11-32(33(34)21-35)24-12-14-30-25(19-24)17-22-7-2-4-9-28(22)30/h2-16,19-21,33H,17-18H2,1H3. The molecule has 0 amide bonds. The Morgan fingerprint density at radius 2 is 1.31 bits per heavy atom. The number of rotatable bonds is 3. The summed E-state index contributed by atoms with van der Waals surface area (Å²) in [4.78, 5) is 12.7. The number of hydrogen-bond acceptors (Lipinski definition) is 1. The van der Waals surface area contributed by atoms with Crippen molar-refractivity contribution in [2.45, 2.75) is 25.2 Å². The fraction of sp³-hybridized carbons (Fsp3) is 0.147. The van der Waals surface area contributed by atoms with Crippen LogP contribution in [0, 0.1) is 5.92 Å². The average molecular weight is 451 g/mol. The van der Waals surface area contributed by atoms with Crippen LogP contribution in [-0.4, -0.2) is 6.29 Å². The highest BCUT2D eigenvalue weighted by Crippen LogP contribution is 2.47. The van der Waals surface area contributed by atoms with Crippen LogP contribution in [0.1, 0.15) is 40.3 Å². The van der Waals surface area contributed by atoms with E-state index in [1.807, 2.05) is 0 Å². The monoisotopic (exact) mass is 450 g/mol. The van der Waals surface area contributed by atoms with Crippen LogP contribution in [0.15, 0.2) is 103 Å². The van der Waals surface area contributed by atoms with Crippen molar-refractivity contribution in [3.8, 4) is 22.3 Å². The number of carbonyl (C=O) groups is 1. The van der Waals surface area contributed by atoms with E-state index in [0.29, 0.717) is 0 Å². The minimum atomic E-state index is -0.391. The van der Waals surface area contributed by atoms with Gasteiger partial charge in [-0.25, -0.2) is 0 Å². The zero-order valence-electron chi connectivity index (χ0n) is 19.8. The van der Waals surface area contributed by atoms with Gasteiger partial charge < -0.3 is 4.79 Å². The van der Waals surface area contributed by atoms with Gasteiger partial charge in [0.05, 0.1) is 5.92 Å². The van der Waals surface area contributed by atoms with Crippen LogP contribution in [0.25, 0.3) is 27.8 Å². The minimum absolute atomic E-state index is 0.240. The van der Waals surface area contributed by atoms with E-state index in [-0.39, 0.29) is 5.92 Å². The van der Waals surface area contributed by atoms with Crippen molar-refractivity contribution in [1.29, 1.82) is 0 Å². The first-order chi connectivity index (χ1) is 17.2. The van der Waals surface area contributed by atoms with Crippen molar-refractivity contribution in [2.75, 3.05) is 0 Å². The Hall–Kier alpha value is -3.97. The second-order valence-corrected chi connectivity index (χ2v) is 10.3. The van der Waals surface area contributed by atoms with Crippen LogP contribution in [0.5, 0.6) is 0 Å². The molecule has 0 aliphatic heterocycles. The van der Waals surface area contributed by atoms with E-state index >= 15 is 0 Å². The van der Waals surface area contributed by atoms with E-state index in [4.69, 9.17) is 0 Å². The molecule has 2 unspecified atom stereocenters. The van der Waals surface area contributed by atoms with E-state index in [1.54, 1.807) is 0 Å². The molecule has 35 heavy (non-hydrogen) atoms. The Morgan fingerprint density at radius 1 is 0.714 bits per heavy atom. The summed E-state index contributed by atoms with van der Waals surface area (Å²) < 4.78 is 0. The van der Waals surface area contributed by atoms with Crippen LogP contribution in [-0.2, 0) is 23.1 Å². The molecule has 0 fully saturated rings. The molecule has 0 saturated heterocycles. The van der Waals surface area contributed by atoms with Crippen LogP contribution < -0.4 is 0 Å². The summed E-state index contributed by atoms with van der Waals surface area (Å²) in [7, 11) is 0. The van der Waals surface area contributed by atoms with Crippen molar-refractivity contribution >= 4 is 11.9 Å². The van der Waals surface area contributed by atoms with Crippen LogP contribution >= 0.6 is 0 Å². The SMILES string of the molecule is CC1(c2ccc3c(c2)Cc2ccccc2-3)C=CC=C(c2ccc3c(c2)Cc2ccccc2-3)C1C=O. The molecule has 4 aromatic carbocycles. The zero-order valence-corrected chi connectivity index (χ0v) is 19.8. The highest BCUT2D eigenvalue weighted by Gasteiger charge is 2.39. The van der Waals surface area contributed by atoms with Gasteiger partial charge in [0.2, 0.25) is 0 Å². The molecule has 0 aromatic heterocycles. The molecule has 1 nitrogen and oxygen atoms in total. The first-order valence-corrected chi connectivity index (χ1v) is 12.4. The average Bonchev–Trinajstić information content (AvgIpc) is 3.45. The Morgan fingerprint density at radius 3 is 2.00 bits per heavy atom. The summed E-state index contributed by atoms with van der Waals surface area (Å²) in [6, 6.07) is 30.9. The lowest BCUT2D eigenvalue weighted by atomic mass is 9.65. The normalized spacial score (nSPS) is 21.1. The molecular weight excluding hydrogens is 424 g/mol. The Kier molecular flexibility index (Phi) is 4.38. The molecule has 3 aliphatic rings. The molecular formula is C34H26O. The molecule has 0 bridgehead atoms. The Balaban J connectivity index is 1.26. The third kappa shape index (κ3) is 2.98. The van der Waals surface area contributed by atoms with Gasteiger partial charge in [-0.3, -0.25) is 0 Å². The summed E-state index contributed by atoms with van der Waals surface area (Å²) in [6.45, 7) is 2.21. The second-order valence-electron chi connectivity index (χ2n) is 10.3. The molecule has 0 saturated carbocycles. The summed E-state index contributed by atoms with van der Waals surface area (Å²) in [5.74, 6) is -0.240. The molecule has 3 aliphatic carbocycles. The lowest BCUT2D eigenvalue weighted by Crippen LogP contribution is -2.34. The molecule has 4 aromatic rings. The fourth-order valence-corrected chi connectivity index (χ4v) is 6.45. The first-order valence-electron chi connectivity index (χ1n) is 12.4. The van der Waals surface area contributed by atoms with Gasteiger partial charge in [-0.2, -0.15) is 0 Å². The molecule has 7 rings (SSSR count). The number of hydrogen-bond donors (Lipinski definition) is 0. The molecule has 168 valence electrons. The van der Waals surface area contributed by atoms with Gasteiger partial charge in [0.25, 0.3) is 0 Å². The van der Waals surface area contributed by atoms with Crippen LogP contribution in [0.2, 0.25) is 0 Å². The second kappa shape index (κ2) is 7.52. The van der Waals surface area contributed by atoms with E-state index in [0.717, 1.165) is 30.3 Å². The summed E-state index contributed by atoms with van der Waals surface area (Å²) >= 11 is 0. The zero-order chi connectivity index (χ0) is 23.6. The van der Waals surface area contributed by atoms with Gasteiger partial charge in [-0.05, 0) is 74.0 Å². The largest absolute Gasteiger partial charge is 0.303 e. The fourth-order valence-electron chi connectivity index (χ4n) is 6.45. The topological polar surface area (TPSA) is 17.1 Å². The van der Waals surface area contributed by atoms with Gasteiger partial charge in [0, 0.05) is 5.41 Å². The molecule has 1 heteroatoms. The summed E-state index contributed by atoms with van der Waals surface area (Å²) in [6.07, 6.45) is 9.55. The molecule has 2 atom stereocenters. The van der Waals surface area contributed by atoms with Gasteiger partial charge in [0.1, 0.15) is 6.29 Å². The molecule has 0 radical (unpaired) electrons. The third-order valence-corrected chi connectivity index (χ3v) is 8.38. The lowest BCUT2D eigenvalue weighted by molar-refractivity contribution is -0.110. The van der Waals surface area contributed by atoms with Crippen LogP contribution in [0.3, 0.4) is 0 Å². The van der Waals surface area contributed by atoms with E-state index in [9.17, 15) is 4.79 Å². The third-order valence-electron chi connectivity index (χ3n) is 8.38. The predicted octanol–water partition coefficient (Wildman–Crippen LogP) is 7.56. The maximum atomic E-state index is 12.7. The maximum Gasteiger partial charge on any atom is 0.128 e. The van der Waals surface area contributed by atoms with Gasteiger partial charge >= 0.3 is 0 Å². The summed E-state index contributed by atoms with van der Waals surface area (Å²) in [5, 5.41) is 0. The summed E-state index contributed by atoms with van der Waals surface area (Å²) in [5.41, 5.74) is 13.9. The van der Waals surface area contributed by atoms with E-state index in [2.05, 4.69) is 110 Å².